The fraction of sp³-hybridized carbons (Fsp3) is 0.350. The average molecular weight is 326 g/mol. The summed E-state index contributed by atoms with van der Waals surface area (Å²) in [5.41, 5.74) is 2.70. The summed E-state index contributed by atoms with van der Waals surface area (Å²) in [6.07, 6.45) is -0.350. The third-order valence-electron chi connectivity index (χ3n) is 3.47. The predicted octanol–water partition coefficient (Wildman–Crippen LogP) is 4.35. The molecule has 0 fully saturated rings. The summed E-state index contributed by atoms with van der Waals surface area (Å²) in [6.45, 7) is 7.14. The molecule has 1 amide bonds. The van der Waals surface area contributed by atoms with E-state index in [-0.39, 0.29) is 6.09 Å². The van der Waals surface area contributed by atoms with Crippen molar-refractivity contribution in [2.45, 2.75) is 39.5 Å². The molecule has 0 heterocycles. The number of amides is 1. The van der Waals surface area contributed by atoms with Crippen LogP contribution in [-0.2, 0) is 17.8 Å². The Labute approximate surface area is 144 Å². The molecule has 2 aromatic rings. The topological polar surface area (TPSA) is 41.6 Å². The lowest BCUT2D eigenvalue weighted by Gasteiger charge is -2.25. The molecule has 4 heteroatoms. The number of anilines is 1. The standard InChI is InChI=1S/C20H26N2O2/c1-20(2,3)24-19(23)22(4)18-12-8-11-17(13-18)15-21-14-16-9-6-5-7-10-16/h5-13,21H,14-15H2,1-4H3. The molecule has 1 N–H and O–H groups in total. The van der Waals surface area contributed by atoms with Crippen LogP contribution in [0.2, 0.25) is 0 Å². The SMILES string of the molecule is CN(C(=O)OC(C)(C)C)c1cccc(CNCc2ccccc2)c1. The first-order valence-corrected chi connectivity index (χ1v) is 8.15. The second-order valence-corrected chi connectivity index (χ2v) is 6.80. The van der Waals surface area contributed by atoms with Gasteiger partial charge >= 0.3 is 6.09 Å². The number of hydrogen-bond acceptors (Lipinski definition) is 3. The molecule has 0 aliphatic heterocycles. The summed E-state index contributed by atoms with van der Waals surface area (Å²) in [4.78, 5) is 13.7. The van der Waals surface area contributed by atoms with E-state index >= 15 is 0 Å². The number of rotatable bonds is 5. The Hall–Kier alpha value is -2.33. The van der Waals surface area contributed by atoms with Crippen molar-refractivity contribution < 1.29 is 9.53 Å². The summed E-state index contributed by atoms with van der Waals surface area (Å²) in [6, 6.07) is 18.2. The second kappa shape index (κ2) is 7.97. The van der Waals surface area contributed by atoms with Crippen molar-refractivity contribution in [1.82, 2.24) is 5.32 Å². The molecule has 0 bridgehead atoms. The molecule has 0 aliphatic carbocycles. The van der Waals surface area contributed by atoms with Crippen molar-refractivity contribution in [2.24, 2.45) is 0 Å². The van der Waals surface area contributed by atoms with Gasteiger partial charge in [-0.1, -0.05) is 42.5 Å². The first kappa shape index (κ1) is 18.0. The molecule has 0 spiro atoms. The van der Waals surface area contributed by atoms with Crippen LogP contribution in [0.5, 0.6) is 0 Å². The normalized spacial score (nSPS) is 11.2. The molecule has 2 aromatic carbocycles. The lowest BCUT2D eigenvalue weighted by molar-refractivity contribution is 0.0589. The smallest absolute Gasteiger partial charge is 0.414 e. The van der Waals surface area contributed by atoms with Crippen LogP contribution < -0.4 is 10.2 Å². The van der Waals surface area contributed by atoms with Crippen molar-refractivity contribution in [3.05, 3.63) is 65.7 Å². The van der Waals surface area contributed by atoms with Crippen LogP contribution in [0.3, 0.4) is 0 Å². The van der Waals surface area contributed by atoms with Crippen molar-refractivity contribution in [1.29, 1.82) is 0 Å². The molecule has 0 unspecified atom stereocenters. The highest BCUT2D eigenvalue weighted by atomic mass is 16.6. The highest BCUT2D eigenvalue weighted by Gasteiger charge is 2.20. The number of carbonyl (C=O) groups is 1. The number of hydrogen-bond donors (Lipinski definition) is 1. The molecule has 0 aliphatic rings. The van der Waals surface area contributed by atoms with E-state index in [9.17, 15) is 4.79 Å². The second-order valence-electron chi connectivity index (χ2n) is 6.80. The maximum Gasteiger partial charge on any atom is 0.414 e. The molecule has 4 nitrogen and oxygen atoms in total. The first-order chi connectivity index (χ1) is 11.3. The Morgan fingerprint density at radius 2 is 1.62 bits per heavy atom. The van der Waals surface area contributed by atoms with Crippen LogP contribution in [0.25, 0.3) is 0 Å². The lowest BCUT2D eigenvalue weighted by atomic mass is 10.1. The van der Waals surface area contributed by atoms with Gasteiger partial charge in [0.25, 0.3) is 0 Å². The minimum atomic E-state index is -0.500. The summed E-state index contributed by atoms with van der Waals surface area (Å²) in [7, 11) is 1.73. The van der Waals surface area contributed by atoms with E-state index in [1.165, 1.54) is 10.5 Å². The zero-order chi connectivity index (χ0) is 17.6. The fourth-order valence-corrected chi connectivity index (χ4v) is 2.26. The number of ether oxygens (including phenoxy) is 1. The maximum absolute atomic E-state index is 12.2. The van der Waals surface area contributed by atoms with Crippen LogP contribution in [0.4, 0.5) is 10.5 Å². The molecule has 0 radical (unpaired) electrons. The molecular formula is C20H26N2O2. The van der Waals surface area contributed by atoms with E-state index in [4.69, 9.17) is 4.74 Å². The Kier molecular flexibility index (Phi) is 5.99. The summed E-state index contributed by atoms with van der Waals surface area (Å²) in [5, 5.41) is 3.42. The molecule has 0 aromatic heterocycles. The van der Waals surface area contributed by atoms with E-state index in [1.54, 1.807) is 7.05 Å². The highest BCUT2D eigenvalue weighted by Crippen LogP contribution is 2.18. The van der Waals surface area contributed by atoms with E-state index in [2.05, 4.69) is 17.4 Å². The van der Waals surface area contributed by atoms with Gasteiger partial charge in [0.15, 0.2) is 0 Å². The van der Waals surface area contributed by atoms with Gasteiger partial charge in [0.05, 0.1) is 0 Å². The third kappa shape index (κ3) is 5.70. The van der Waals surface area contributed by atoms with Gasteiger partial charge in [-0.15, -0.1) is 0 Å². The van der Waals surface area contributed by atoms with Gasteiger partial charge in [-0.3, -0.25) is 4.90 Å². The minimum absolute atomic E-state index is 0.350. The summed E-state index contributed by atoms with van der Waals surface area (Å²) >= 11 is 0. The van der Waals surface area contributed by atoms with Crippen LogP contribution in [0.15, 0.2) is 54.6 Å². The number of carbonyl (C=O) groups excluding carboxylic acids is 1. The van der Waals surface area contributed by atoms with Gasteiger partial charge in [0, 0.05) is 25.8 Å². The van der Waals surface area contributed by atoms with Gasteiger partial charge in [-0.05, 0) is 44.0 Å². The van der Waals surface area contributed by atoms with E-state index in [0.717, 1.165) is 24.3 Å². The molecule has 2 rings (SSSR count). The Morgan fingerprint density at radius 1 is 1.00 bits per heavy atom. The number of nitrogens with zero attached hydrogens (tertiary/aromatic N) is 1. The summed E-state index contributed by atoms with van der Waals surface area (Å²) in [5.74, 6) is 0. The van der Waals surface area contributed by atoms with Crippen molar-refractivity contribution in [3.63, 3.8) is 0 Å². The lowest BCUT2D eigenvalue weighted by Crippen LogP contribution is -2.34. The van der Waals surface area contributed by atoms with Gasteiger partial charge in [0.2, 0.25) is 0 Å². The summed E-state index contributed by atoms with van der Waals surface area (Å²) < 4.78 is 5.40. The average Bonchev–Trinajstić information content (AvgIpc) is 2.54. The van der Waals surface area contributed by atoms with Crippen LogP contribution >= 0.6 is 0 Å². The zero-order valence-electron chi connectivity index (χ0n) is 14.9. The zero-order valence-corrected chi connectivity index (χ0v) is 14.9. The van der Waals surface area contributed by atoms with E-state index < -0.39 is 5.60 Å². The molecule has 24 heavy (non-hydrogen) atoms. The fourth-order valence-electron chi connectivity index (χ4n) is 2.26. The molecule has 0 saturated carbocycles. The van der Waals surface area contributed by atoms with Gasteiger partial charge in [0.1, 0.15) is 5.60 Å². The highest BCUT2D eigenvalue weighted by molar-refractivity contribution is 5.87. The van der Waals surface area contributed by atoms with Crippen molar-refractivity contribution in [2.75, 3.05) is 11.9 Å². The molecule has 128 valence electrons. The Morgan fingerprint density at radius 3 is 2.29 bits per heavy atom. The Bertz CT molecular complexity index is 663. The van der Waals surface area contributed by atoms with E-state index in [0.29, 0.717) is 0 Å². The monoisotopic (exact) mass is 326 g/mol. The van der Waals surface area contributed by atoms with Crippen molar-refractivity contribution >= 4 is 11.8 Å². The predicted molar refractivity (Wildman–Crippen MR) is 98.1 cm³/mol. The van der Waals surface area contributed by atoms with E-state index in [1.807, 2.05) is 63.2 Å². The quantitative estimate of drug-likeness (QED) is 0.888. The number of benzene rings is 2. The van der Waals surface area contributed by atoms with Gasteiger partial charge in [-0.25, -0.2) is 4.79 Å². The van der Waals surface area contributed by atoms with Crippen LogP contribution in [-0.4, -0.2) is 18.7 Å². The minimum Gasteiger partial charge on any atom is -0.443 e. The van der Waals surface area contributed by atoms with Crippen LogP contribution in [0.1, 0.15) is 31.9 Å². The number of nitrogens with one attached hydrogen (secondary N) is 1. The molecular weight excluding hydrogens is 300 g/mol. The molecule has 0 saturated heterocycles. The Balaban J connectivity index is 1.94. The maximum atomic E-state index is 12.2. The first-order valence-electron chi connectivity index (χ1n) is 8.15. The van der Waals surface area contributed by atoms with Gasteiger partial charge < -0.3 is 10.1 Å². The largest absolute Gasteiger partial charge is 0.443 e. The third-order valence-corrected chi connectivity index (χ3v) is 3.47. The molecule has 0 atom stereocenters. The van der Waals surface area contributed by atoms with Crippen LogP contribution in [0, 0.1) is 0 Å². The van der Waals surface area contributed by atoms with Crippen molar-refractivity contribution in [3.8, 4) is 0 Å². The van der Waals surface area contributed by atoms with Gasteiger partial charge in [-0.2, -0.15) is 0 Å².